The fourth-order valence-electron chi connectivity index (χ4n) is 1.11. The predicted octanol–water partition coefficient (Wildman–Crippen LogP) is 2.22. The number of nitrogens with one attached hydrogen (secondary N) is 1. The van der Waals surface area contributed by atoms with E-state index >= 15 is 0 Å². The van der Waals surface area contributed by atoms with Gasteiger partial charge in [-0.3, -0.25) is 0 Å². The van der Waals surface area contributed by atoms with Crippen LogP contribution in [-0.2, 0) is 6.54 Å². The summed E-state index contributed by atoms with van der Waals surface area (Å²) in [7, 11) is 0. The molecule has 0 amide bonds. The molecule has 1 unspecified atom stereocenters. The van der Waals surface area contributed by atoms with Gasteiger partial charge in [0, 0.05) is 12.6 Å². The van der Waals surface area contributed by atoms with Crippen LogP contribution in [0.1, 0.15) is 18.1 Å². The predicted molar refractivity (Wildman–Crippen MR) is 57.7 cm³/mol. The van der Waals surface area contributed by atoms with E-state index in [0.717, 1.165) is 12.1 Å². The van der Waals surface area contributed by atoms with Gasteiger partial charge >= 0.3 is 0 Å². The summed E-state index contributed by atoms with van der Waals surface area (Å²) in [4.78, 5) is 0. The van der Waals surface area contributed by atoms with Crippen LogP contribution in [0.2, 0.25) is 0 Å². The highest BCUT2D eigenvalue weighted by atomic mass is 14.9. The van der Waals surface area contributed by atoms with E-state index in [1.54, 1.807) is 6.07 Å². The number of hydrogen-bond donors (Lipinski definition) is 1. The van der Waals surface area contributed by atoms with Crippen molar-refractivity contribution in [2.75, 3.05) is 0 Å². The van der Waals surface area contributed by atoms with Gasteiger partial charge in [-0.1, -0.05) is 18.2 Å². The van der Waals surface area contributed by atoms with Crippen LogP contribution in [0.15, 0.2) is 36.9 Å². The van der Waals surface area contributed by atoms with Gasteiger partial charge in [0.1, 0.15) is 0 Å². The first-order chi connectivity index (χ1) is 6.76. The van der Waals surface area contributed by atoms with Gasteiger partial charge in [0.25, 0.3) is 0 Å². The molecule has 0 aliphatic rings. The third-order valence-electron chi connectivity index (χ3n) is 2.04. The molecule has 1 atom stereocenters. The fraction of sp³-hybridized carbons (Fsp3) is 0.250. The Kier molecular flexibility index (Phi) is 3.90. The minimum atomic E-state index is 0.292. The Morgan fingerprint density at radius 2 is 2.43 bits per heavy atom. The summed E-state index contributed by atoms with van der Waals surface area (Å²) in [6.07, 6.45) is 1.86. The average Bonchev–Trinajstić information content (AvgIpc) is 2.26. The van der Waals surface area contributed by atoms with Crippen LogP contribution in [0.5, 0.6) is 0 Å². The highest BCUT2D eigenvalue weighted by Crippen LogP contribution is 2.03. The minimum absolute atomic E-state index is 0.292. The topological polar surface area (TPSA) is 35.8 Å². The maximum Gasteiger partial charge on any atom is 0.0991 e. The summed E-state index contributed by atoms with van der Waals surface area (Å²) >= 11 is 0. The Morgan fingerprint density at radius 3 is 3.07 bits per heavy atom. The van der Waals surface area contributed by atoms with Crippen LogP contribution in [-0.4, -0.2) is 6.04 Å². The third-order valence-corrected chi connectivity index (χ3v) is 2.04. The summed E-state index contributed by atoms with van der Waals surface area (Å²) < 4.78 is 0. The van der Waals surface area contributed by atoms with Crippen molar-refractivity contribution in [1.82, 2.24) is 5.32 Å². The Hall–Kier alpha value is -1.59. The van der Waals surface area contributed by atoms with Crippen molar-refractivity contribution < 1.29 is 0 Å². The van der Waals surface area contributed by atoms with Crippen molar-refractivity contribution >= 4 is 0 Å². The molecule has 0 aromatic heterocycles. The maximum absolute atomic E-state index is 8.70. The van der Waals surface area contributed by atoms with Crippen LogP contribution in [0.4, 0.5) is 0 Å². The van der Waals surface area contributed by atoms with E-state index in [4.69, 9.17) is 5.26 Å². The standard InChI is InChI=1S/C12H14N2/c1-3-10(2)14-9-12-6-4-5-11(7-12)8-13/h3-7,10,14H,1,9H2,2H3. The molecule has 0 bridgehead atoms. The quantitative estimate of drug-likeness (QED) is 0.732. The zero-order valence-electron chi connectivity index (χ0n) is 8.33. The van der Waals surface area contributed by atoms with Crippen molar-refractivity contribution in [2.24, 2.45) is 0 Å². The molecule has 72 valence electrons. The maximum atomic E-state index is 8.70. The fourth-order valence-corrected chi connectivity index (χ4v) is 1.11. The second kappa shape index (κ2) is 5.21. The lowest BCUT2D eigenvalue weighted by Gasteiger charge is -2.08. The normalized spacial score (nSPS) is 11.7. The molecule has 1 aromatic rings. The van der Waals surface area contributed by atoms with Gasteiger partial charge < -0.3 is 5.32 Å². The second-order valence-electron chi connectivity index (χ2n) is 3.22. The van der Waals surface area contributed by atoms with Gasteiger partial charge in [0.05, 0.1) is 11.6 Å². The molecule has 2 heteroatoms. The van der Waals surface area contributed by atoms with Crippen molar-refractivity contribution in [3.63, 3.8) is 0 Å². The summed E-state index contributed by atoms with van der Waals surface area (Å²) in [6, 6.07) is 10.0. The SMILES string of the molecule is C=CC(C)NCc1cccc(C#N)c1. The molecule has 1 N–H and O–H groups in total. The molecule has 0 aliphatic carbocycles. The van der Waals surface area contributed by atoms with Crippen molar-refractivity contribution in [3.8, 4) is 6.07 Å². The van der Waals surface area contributed by atoms with E-state index in [1.807, 2.05) is 31.2 Å². The van der Waals surface area contributed by atoms with E-state index < -0.39 is 0 Å². The molecule has 1 rings (SSSR count). The van der Waals surface area contributed by atoms with Crippen LogP contribution in [0.25, 0.3) is 0 Å². The summed E-state index contributed by atoms with van der Waals surface area (Å²) in [5, 5.41) is 12.0. The first-order valence-corrected chi connectivity index (χ1v) is 4.61. The average molecular weight is 186 g/mol. The molecular formula is C12H14N2. The molecule has 1 aromatic carbocycles. The molecule has 0 fully saturated rings. The van der Waals surface area contributed by atoms with Gasteiger partial charge in [-0.2, -0.15) is 5.26 Å². The van der Waals surface area contributed by atoms with Crippen LogP contribution in [0.3, 0.4) is 0 Å². The highest BCUT2D eigenvalue weighted by molar-refractivity contribution is 5.32. The zero-order chi connectivity index (χ0) is 10.4. The lowest BCUT2D eigenvalue weighted by atomic mass is 10.1. The zero-order valence-corrected chi connectivity index (χ0v) is 8.33. The Morgan fingerprint density at radius 1 is 1.64 bits per heavy atom. The van der Waals surface area contributed by atoms with Crippen LogP contribution >= 0.6 is 0 Å². The Bertz CT molecular complexity index is 350. The minimum Gasteiger partial charge on any atom is -0.307 e. The van der Waals surface area contributed by atoms with Crippen LogP contribution < -0.4 is 5.32 Å². The van der Waals surface area contributed by atoms with Crippen LogP contribution in [0, 0.1) is 11.3 Å². The van der Waals surface area contributed by atoms with Crippen molar-refractivity contribution in [3.05, 3.63) is 48.0 Å². The van der Waals surface area contributed by atoms with E-state index in [1.165, 1.54) is 0 Å². The summed E-state index contributed by atoms with van der Waals surface area (Å²) in [5.41, 5.74) is 1.83. The van der Waals surface area contributed by atoms with Gasteiger partial charge in [-0.15, -0.1) is 6.58 Å². The van der Waals surface area contributed by atoms with E-state index in [-0.39, 0.29) is 0 Å². The Labute approximate surface area is 84.9 Å². The lowest BCUT2D eigenvalue weighted by Crippen LogP contribution is -2.22. The first kappa shape index (κ1) is 10.5. The number of nitrogens with zero attached hydrogens (tertiary/aromatic N) is 1. The monoisotopic (exact) mass is 186 g/mol. The number of hydrogen-bond acceptors (Lipinski definition) is 2. The van der Waals surface area contributed by atoms with Gasteiger partial charge in [0.2, 0.25) is 0 Å². The molecular weight excluding hydrogens is 172 g/mol. The molecule has 0 aliphatic heterocycles. The molecule has 0 saturated carbocycles. The van der Waals surface area contributed by atoms with E-state index in [0.29, 0.717) is 11.6 Å². The number of benzene rings is 1. The van der Waals surface area contributed by atoms with Crippen molar-refractivity contribution in [1.29, 1.82) is 5.26 Å². The van der Waals surface area contributed by atoms with E-state index in [2.05, 4.69) is 18.0 Å². The lowest BCUT2D eigenvalue weighted by molar-refractivity contribution is 0.634. The molecule has 14 heavy (non-hydrogen) atoms. The van der Waals surface area contributed by atoms with E-state index in [9.17, 15) is 0 Å². The first-order valence-electron chi connectivity index (χ1n) is 4.61. The Balaban J connectivity index is 2.59. The van der Waals surface area contributed by atoms with Gasteiger partial charge in [-0.05, 0) is 24.6 Å². The molecule has 0 spiro atoms. The van der Waals surface area contributed by atoms with Crippen molar-refractivity contribution in [2.45, 2.75) is 19.5 Å². The van der Waals surface area contributed by atoms with Gasteiger partial charge in [0.15, 0.2) is 0 Å². The summed E-state index contributed by atoms with van der Waals surface area (Å²) in [5.74, 6) is 0. The molecule has 2 nitrogen and oxygen atoms in total. The highest BCUT2D eigenvalue weighted by Gasteiger charge is 1.97. The van der Waals surface area contributed by atoms with Gasteiger partial charge in [-0.25, -0.2) is 0 Å². The number of nitriles is 1. The molecule has 0 radical (unpaired) electrons. The third kappa shape index (κ3) is 3.04. The second-order valence-corrected chi connectivity index (χ2v) is 3.22. The number of rotatable bonds is 4. The molecule has 0 saturated heterocycles. The summed E-state index contributed by atoms with van der Waals surface area (Å²) in [6.45, 7) is 6.50. The largest absolute Gasteiger partial charge is 0.307 e. The molecule has 0 heterocycles. The smallest absolute Gasteiger partial charge is 0.0991 e.